The van der Waals surface area contributed by atoms with Crippen molar-refractivity contribution in [2.45, 2.75) is 6.10 Å². The van der Waals surface area contributed by atoms with Crippen LogP contribution in [0, 0.1) is 11.6 Å². The van der Waals surface area contributed by atoms with E-state index in [4.69, 9.17) is 0 Å². The molecule has 2 aromatic rings. The molecule has 0 spiro atoms. The minimum Gasteiger partial charge on any atom is -0.508 e. The highest BCUT2D eigenvalue weighted by molar-refractivity contribution is 5.35. The van der Waals surface area contributed by atoms with E-state index in [0.29, 0.717) is 0 Å². The van der Waals surface area contributed by atoms with Crippen LogP contribution in [-0.4, -0.2) is 10.2 Å². The van der Waals surface area contributed by atoms with Gasteiger partial charge in [-0.05, 0) is 35.9 Å². The van der Waals surface area contributed by atoms with Gasteiger partial charge in [0.25, 0.3) is 0 Å². The number of hydrogen-bond acceptors (Lipinski definition) is 2. The molecule has 0 aliphatic heterocycles. The first-order chi connectivity index (χ1) is 8.08. The Morgan fingerprint density at radius 1 is 1.00 bits per heavy atom. The van der Waals surface area contributed by atoms with Crippen molar-refractivity contribution in [2.24, 2.45) is 0 Å². The smallest absolute Gasteiger partial charge is 0.129 e. The van der Waals surface area contributed by atoms with Crippen LogP contribution in [0.5, 0.6) is 5.75 Å². The van der Waals surface area contributed by atoms with Crippen molar-refractivity contribution in [2.75, 3.05) is 0 Å². The van der Waals surface area contributed by atoms with Gasteiger partial charge in [-0.1, -0.05) is 12.1 Å². The van der Waals surface area contributed by atoms with Crippen molar-refractivity contribution in [1.29, 1.82) is 0 Å². The zero-order valence-corrected chi connectivity index (χ0v) is 8.77. The highest BCUT2D eigenvalue weighted by atomic mass is 19.1. The Labute approximate surface area is 96.8 Å². The van der Waals surface area contributed by atoms with Crippen molar-refractivity contribution >= 4 is 0 Å². The SMILES string of the molecule is Oc1ccc(F)c(C(O)c2cccc(F)c2)c1. The number of aromatic hydroxyl groups is 1. The first-order valence-corrected chi connectivity index (χ1v) is 5.00. The standard InChI is InChI=1S/C13H10F2O2/c14-9-3-1-2-8(6-9)13(17)11-7-10(16)4-5-12(11)15/h1-7,13,16-17H. The third-order valence-electron chi connectivity index (χ3n) is 2.44. The minimum absolute atomic E-state index is 0.0874. The number of aliphatic hydroxyl groups is 1. The second kappa shape index (κ2) is 4.51. The zero-order chi connectivity index (χ0) is 12.4. The first kappa shape index (κ1) is 11.5. The Morgan fingerprint density at radius 2 is 1.76 bits per heavy atom. The summed E-state index contributed by atoms with van der Waals surface area (Å²) >= 11 is 0. The zero-order valence-electron chi connectivity index (χ0n) is 8.77. The van der Waals surface area contributed by atoms with E-state index in [-0.39, 0.29) is 16.9 Å². The second-order valence-corrected chi connectivity index (χ2v) is 3.66. The van der Waals surface area contributed by atoms with Gasteiger partial charge >= 0.3 is 0 Å². The molecule has 0 saturated heterocycles. The molecule has 0 aliphatic rings. The van der Waals surface area contributed by atoms with E-state index >= 15 is 0 Å². The number of rotatable bonds is 2. The summed E-state index contributed by atoms with van der Waals surface area (Å²) in [5.74, 6) is -1.32. The molecular formula is C13H10F2O2. The Kier molecular flexibility index (Phi) is 3.06. The van der Waals surface area contributed by atoms with Crippen molar-refractivity contribution in [3.05, 3.63) is 65.2 Å². The quantitative estimate of drug-likeness (QED) is 0.841. The molecule has 1 unspecified atom stereocenters. The van der Waals surface area contributed by atoms with Crippen LogP contribution < -0.4 is 0 Å². The number of aliphatic hydroxyl groups excluding tert-OH is 1. The predicted octanol–water partition coefficient (Wildman–Crippen LogP) is 2.75. The van der Waals surface area contributed by atoms with E-state index in [1.807, 2.05) is 0 Å². The Balaban J connectivity index is 2.43. The summed E-state index contributed by atoms with van der Waals surface area (Å²) < 4.78 is 26.4. The average Bonchev–Trinajstić information content (AvgIpc) is 2.31. The molecule has 0 bridgehead atoms. The lowest BCUT2D eigenvalue weighted by Crippen LogP contribution is -2.02. The summed E-state index contributed by atoms with van der Waals surface area (Å²) in [5.41, 5.74) is 0.144. The summed E-state index contributed by atoms with van der Waals surface area (Å²) in [6.07, 6.45) is -1.31. The molecule has 2 nitrogen and oxygen atoms in total. The number of benzene rings is 2. The second-order valence-electron chi connectivity index (χ2n) is 3.66. The highest BCUT2D eigenvalue weighted by Crippen LogP contribution is 2.27. The van der Waals surface area contributed by atoms with Crippen LogP contribution in [0.2, 0.25) is 0 Å². The van der Waals surface area contributed by atoms with Crippen molar-refractivity contribution in [3.63, 3.8) is 0 Å². The van der Waals surface area contributed by atoms with E-state index in [1.54, 1.807) is 0 Å². The highest BCUT2D eigenvalue weighted by Gasteiger charge is 2.16. The summed E-state index contributed by atoms with van der Waals surface area (Å²) in [4.78, 5) is 0. The molecule has 0 fully saturated rings. The van der Waals surface area contributed by atoms with Gasteiger partial charge < -0.3 is 10.2 Å². The topological polar surface area (TPSA) is 40.5 Å². The van der Waals surface area contributed by atoms with Crippen LogP contribution in [0.15, 0.2) is 42.5 Å². The van der Waals surface area contributed by atoms with Gasteiger partial charge in [-0.25, -0.2) is 8.78 Å². The Morgan fingerprint density at radius 3 is 2.47 bits per heavy atom. The number of halogens is 2. The predicted molar refractivity (Wildman–Crippen MR) is 58.5 cm³/mol. The summed E-state index contributed by atoms with van der Waals surface area (Å²) in [7, 11) is 0. The van der Waals surface area contributed by atoms with Crippen LogP contribution in [0.25, 0.3) is 0 Å². The van der Waals surface area contributed by atoms with E-state index in [9.17, 15) is 19.0 Å². The van der Waals surface area contributed by atoms with Gasteiger partial charge in [0.1, 0.15) is 23.5 Å². The van der Waals surface area contributed by atoms with Gasteiger partial charge in [0, 0.05) is 5.56 Å². The largest absolute Gasteiger partial charge is 0.508 e. The van der Waals surface area contributed by atoms with Gasteiger partial charge in [0.15, 0.2) is 0 Å². The number of phenols is 1. The Hall–Kier alpha value is -1.94. The van der Waals surface area contributed by atoms with Crippen LogP contribution in [0.1, 0.15) is 17.2 Å². The van der Waals surface area contributed by atoms with Gasteiger partial charge in [-0.15, -0.1) is 0 Å². The van der Waals surface area contributed by atoms with Crippen molar-refractivity contribution in [1.82, 2.24) is 0 Å². The summed E-state index contributed by atoms with van der Waals surface area (Å²) in [6.45, 7) is 0. The van der Waals surface area contributed by atoms with Gasteiger partial charge in [0.2, 0.25) is 0 Å². The average molecular weight is 236 g/mol. The molecule has 0 aliphatic carbocycles. The maximum atomic E-state index is 13.4. The molecule has 17 heavy (non-hydrogen) atoms. The normalized spacial score (nSPS) is 12.4. The molecule has 0 radical (unpaired) electrons. The van der Waals surface area contributed by atoms with Crippen LogP contribution in [0.4, 0.5) is 8.78 Å². The third-order valence-corrected chi connectivity index (χ3v) is 2.44. The fourth-order valence-electron chi connectivity index (χ4n) is 1.60. The monoisotopic (exact) mass is 236 g/mol. The van der Waals surface area contributed by atoms with E-state index in [0.717, 1.165) is 18.2 Å². The van der Waals surface area contributed by atoms with Crippen molar-refractivity contribution in [3.8, 4) is 5.75 Å². The first-order valence-electron chi connectivity index (χ1n) is 5.00. The maximum absolute atomic E-state index is 13.4. The van der Waals surface area contributed by atoms with Gasteiger partial charge in [-0.3, -0.25) is 0 Å². The van der Waals surface area contributed by atoms with Gasteiger partial charge in [-0.2, -0.15) is 0 Å². The molecule has 2 rings (SSSR count). The lowest BCUT2D eigenvalue weighted by atomic mass is 10.0. The Bertz CT molecular complexity index is 541. The molecule has 1 atom stereocenters. The molecule has 2 N–H and O–H groups in total. The fraction of sp³-hybridized carbons (Fsp3) is 0.0769. The molecular weight excluding hydrogens is 226 g/mol. The summed E-state index contributed by atoms with van der Waals surface area (Å²) in [5, 5.41) is 19.1. The van der Waals surface area contributed by atoms with Crippen LogP contribution >= 0.6 is 0 Å². The van der Waals surface area contributed by atoms with E-state index < -0.39 is 17.7 Å². The fourth-order valence-corrected chi connectivity index (χ4v) is 1.60. The van der Waals surface area contributed by atoms with E-state index in [2.05, 4.69) is 0 Å². The van der Waals surface area contributed by atoms with E-state index in [1.165, 1.54) is 24.3 Å². The van der Waals surface area contributed by atoms with Gasteiger partial charge in [0.05, 0.1) is 0 Å². The van der Waals surface area contributed by atoms with Crippen molar-refractivity contribution < 1.29 is 19.0 Å². The third kappa shape index (κ3) is 2.42. The molecule has 0 aromatic heterocycles. The molecule has 0 amide bonds. The number of hydrogen-bond donors (Lipinski definition) is 2. The lowest BCUT2D eigenvalue weighted by Gasteiger charge is -2.12. The molecule has 0 saturated carbocycles. The number of phenolic OH excluding ortho intramolecular Hbond substituents is 1. The minimum atomic E-state index is -1.31. The van der Waals surface area contributed by atoms with Crippen LogP contribution in [-0.2, 0) is 0 Å². The molecule has 0 heterocycles. The molecule has 88 valence electrons. The lowest BCUT2D eigenvalue weighted by molar-refractivity contribution is 0.214. The maximum Gasteiger partial charge on any atom is 0.129 e. The molecule has 4 heteroatoms. The summed E-state index contributed by atoms with van der Waals surface area (Å²) in [6, 6.07) is 8.60. The van der Waals surface area contributed by atoms with Crippen LogP contribution in [0.3, 0.4) is 0 Å². The molecule has 2 aromatic carbocycles.